The number of Topliss-reactive ketones (excluding diaryl/α,β-unsaturated/α-hetero) is 1. The van der Waals surface area contributed by atoms with Crippen LogP contribution in [0.5, 0.6) is 5.75 Å². The summed E-state index contributed by atoms with van der Waals surface area (Å²) in [4.78, 5) is 32.0. The van der Waals surface area contributed by atoms with Crippen LogP contribution in [-0.2, 0) is 22.6 Å². The zero-order chi connectivity index (χ0) is 23.8. The molecule has 2 aliphatic heterocycles. The lowest BCUT2D eigenvalue weighted by Crippen LogP contribution is -2.31. The second kappa shape index (κ2) is 8.82. The number of nitrogens with zero attached hydrogens (tertiary/aromatic N) is 3. The van der Waals surface area contributed by atoms with E-state index in [0.717, 1.165) is 28.9 Å². The smallest absolute Gasteiger partial charge is 0.295 e. The lowest BCUT2D eigenvalue weighted by Gasteiger charge is -2.25. The van der Waals surface area contributed by atoms with Gasteiger partial charge in [-0.1, -0.05) is 29.8 Å². The summed E-state index contributed by atoms with van der Waals surface area (Å²) in [5.41, 5.74) is 3.51. The first-order valence-corrected chi connectivity index (χ1v) is 11.5. The lowest BCUT2D eigenvalue weighted by atomic mass is 9.94. The van der Waals surface area contributed by atoms with Crippen molar-refractivity contribution in [2.45, 2.75) is 45.4 Å². The van der Waals surface area contributed by atoms with Crippen molar-refractivity contribution in [3.63, 3.8) is 0 Å². The van der Waals surface area contributed by atoms with Gasteiger partial charge in [0.15, 0.2) is 0 Å². The fourth-order valence-corrected chi connectivity index (χ4v) is 4.77. The zero-order valence-electron chi connectivity index (χ0n) is 19.3. The highest BCUT2D eigenvalue weighted by Crippen LogP contribution is 2.40. The number of rotatable bonds is 6. The van der Waals surface area contributed by atoms with E-state index in [4.69, 9.17) is 4.74 Å². The number of amides is 1. The average Bonchev–Trinajstić information content (AvgIpc) is 3.53. The van der Waals surface area contributed by atoms with Gasteiger partial charge < -0.3 is 19.3 Å². The van der Waals surface area contributed by atoms with Gasteiger partial charge in [-0.25, -0.2) is 4.98 Å². The molecule has 3 aromatic rings. The van der Waals surface area contributed by atoms with Gasteiger partial charge >= 0.3 is 0 Å². The molecule has 0 aliphatic carbocycles. The molecule has 7 nitrogen and oxygen atoms in total. The Morgan fingerprint density at radius 1 is 1.15 bits per heavy atom. The maximum atomic E-state index is 13.2. The highest BCUT2D eigenvalue weighted by Gasteiger charge is 2.45. The van der Waals surface area contributed by atoms with Crippen LogP contribution in [0.25, 0.3) is 5.76 Å². The number of benzene rings is 2. The van der Waals surface area contributed by atoms with Crippen LogP contribution >= 0.6 is 0 Å². The van der Waals surface area contributed by atoms with E-state index in [2.05, 4.69) is 4.98 Å². The lowest BCUT2D eigenvalue weighted by molar-refractivity contribution is -0.139. The van der Waals surface area contributed by atoms with Crippen LogP contribution in [0.3, 0.4) is 0 Å². The van der Waals surface area contributed by atoms with Crippen molar-refractivity contribution in [2.75, 3.05) is 6.54 Å². The third-order valence-corrected chi connectivity index (χ3v) is 6.48. The molecule has 2 atom stereocenters. The highest BCUT2D eigenvalue weighted by atomic mass is 16.5. The highest BCUT2D eigenvalue weighted by molar-refractivity contribution is 6.46. The summed E-state index contributed by atoms with van der Waals surface area (Å²) in [5, 5.41) is 11.3. The number of likely N-dealkylation sites (tertiary alicyclic amines) is 1. The maximum Gasteiger partial charge on any atom is 0.295 e. The quantitative estimate of drug-likeness (QED) is 0.343. The van der Waals surface area contributed by atoms with Gasteiger partial charge in [-0.2, -0.15) is 0 Å². The number of ketones is 1. The molecule has 2 aliphatic rings. The first kappa shape index (κ1) is 21.9. The fraction of sp³-hybridized carbons (Fsp3) is 0.296. The van der Waals surface area contributed by atoms with E-state index in [1.165, 1.54) is 0 Å². The normalized spacial score (nSPS) is 21.1. The van der Waals surface area contributed by atoms with Gasteiger partial charge in [0.1, 0.15) is 17.6 Å². The van der Waals surface area contributed by atoms with Crippen molar-refractivity contribution in [1.82, 2.24) is 14.5 Å². The van der Waals surface area contributed by atoms with Crippen LogP contribution < -0.4 is 4.74 Å². The van der Waals surface area contributed by atoms with Gasteiger partial charge in [0.2, 0.25) is 0 Å². The minimum Gasteiger partial charge on any atom is -0.507 e. The minimum absolute atomic E-state index is 0.0704. The van der Waals surface area contributed by atoms with Crippen molar-refractivity contribution >= 4 is 17.4 Å². The van der Waals surface area contributed by atoms with Crippen molar-refractivity contribution in [1.29, 1.82) is 0 Å². The average molecular weight is 458 g/mol. The molecule has 0 bridgehead atoms. The summed E-state index contributed by atoms with van der Waals surface area (Å²) < 4.78 is 7.70. The van der Waals surface area contributed by atoms with E-state index in [1.807, 2.05) is 61.0 Å². The summed E-state index contributed by atoms with van der Waals surface area (Å²) in [6, 6.07) is 12.5. The van der Waals surface area contributed by atoms with E-state index < -0.39 is 17.7 Å². The van der Waals surface area contributed by atoms with Crippen LogP contribution in [0.15, 0.2) is 66.8 Å². The van der Waals surface area contributed by atoms with E-state index in [1.54, 1.807) is 23.5 Å². The molecule has 174 valence electrons. The number of imidazole rings is 1. The number of aliphatic hydroxyl groups excluding tert-OH is 1. The van der Waals surface area contributed by atoms with Crippen LogP contribution in [0, 0.1) is 6.92 Å². The molecular weight excluding hydrogens is 430 g/mol. The van der Waals surface area contributed by atoms with E-state index >= 15 is 0 Å². The molecule has 0 saturated carbocycles. The van der Waals surface area contributed by atoms with Crippen molar-refractivity contribution in [3.8, 4) is 5.75 Å². The molecule has 0 radical (unpaired) electrons. The number of hydrogen-bond donors (Lipinski definition) is 1. The van der Waals surface area contributed by atoms with E-state index in [-0.39, 0.29) is 17.4 Å². The Hall–Kier alpha value is -3.87. The second-order valence-corrected chi connectivity index (χ2v) is 9.01. The van der Waals surface area contributed by atoms with Crippen LogP contribution in [0.1, 0.15) is 41.6 Å². The molecule has 0 spiro atoms. The molecule has 0 unspecified atom stereocenters. The van der Waals surface area contributed by atoms with Crippen LogP contribution in [-0.4, -0.2) is 43.9 Å². The number of carbonyl (C=O) groups is 2. The molecule has 1 saturated heterocycles. The molecule has 3 heterocycles. The van der Waals surface area contributed by atoms with Gasteiger partial charge in [-0.15, -0.1) is 0 Å². The first-order valence-electron chi connectivity index (χ1n) is 11.5. The Morgan fingerprint density at radius 2 is 1.94 bits per heavy atom. The molecule has 1 amide bonds. The van der Waals surface area contributed by atoms with Gasteiger partial charge in [-0.05, 0) is 49.6 Å². The number of aryl methyl sites for hydroxylation is 2. The van der Waals surface area contributed by atoms with Gasteiger partial charge in [0.05, 0.1) is 17.9 Å². The summed E-state index contributed by atoms with van der Waals surface area (Å²) in [7, 11) is 0. The van der Waals surface area contributed by atoms with Crippen molar-refractivity contribution in [3.05, 3.63) is 89.0 Å². The second-order valence-electron chi connectivity index (χ2n) is 9.01. The number of fused-ring (bicyclic) bond motifs is 1. The topological polar surface area (TPSA) is 84.7 Å². The fourth-order valence-electron chi connectivity index (χ4n) is 4.77. The number of ether oxygens (including phenoxy) is 1. The van der Waals surface area contributed by atoms with Crippen LogP contribution in [0.2, 0.25) is 0 Å². The summed E-state index contributed by atoms with van der Waals surface area (Å²) >= 11 is 0. The predicted molar refractivity (Wildman–Crippen MR) is 127 cm³/mol. The standard InChI is InChI=1S/C27H27N3O4/c1-17-4-6-19(7-5-17)24-23(25(31)20-8-9-22-21(15-20)14-18(2)34-22)26(32)27(33)30(24)12-3-11-29-13-10-28-16-29/h4-10,13,15-16,18,24,31H,3,11-12,14H2,1-2H3/t18-,24-/m1/s1. The largest absolute Gasteiger partial charge is 0.507 e. The summed E-state index contributed by atoms with van der Waals surface area (Å²) in [5.74, 6) is -0.603. The predicted octanol–water partition coefficient (Wildman–Crippen LogP) is 4.03. The number of hydrogen-bond acceptors (Lipinski definition) is 5. The molecule has 1 fully saturated rings. The Labute approximate surface area is 198 Å². The third kappa shape index (κ3) is 3.98. The maximum absolute atomic E-state index is 13.2. The molecule has 5 rings (SSSR count). The Morgan fingerprint density at radius 3 is 2.68 bits per heavy atom. The minimum atomic E-state index is -0.657. The zero-order valence-corrected chi connectivity index (χ0v) is 19.3. The third-order valence-electron chi connectivity index (χ3n) is 6.48. The van der Waals surface area contributed by atoms with Gasteiger partial charge in [0.25, 0.3) is 11.7 Å². The van der Waals surface area contributed by atoms with Crippen molar-refractivity contribution < 1.29 is 19.4 Å². The summed E-state index contributed by atoms with van der Waals surface area (Å²) in [6.07, 6.45) is 6.76. The van der Waals surface area contributed by atoms with E-state index in [9.17, 15) is 14.7 Å². The Bertz CT molecular complexity index is 1260. The van der Waals surface area contributed by atoms with Crippen LogP contribution in [0.4, 0.5) is 0 Å². The Kier molecular flexibility index (Phi) is 5.69. The summed E-state index contributed by atoms with van der Waals surface area (Å²) in [6.45, 7) is 5.03. The molecule has 2 aromatic carbocycles. The molecular formula is C27H27N3O4. The monoisotopic (exact) mass is 457 g/mol. The molecule has 1 aromatic heterocycles. The van der Waals surface area contributed by atoms with Gasteiger partial charge in [0, 0.05) is 37.5 Å². The number of aliphatic hydroxyl groups is 1. The van der Waals surface area contributed by atoms with E-state index in [0.29, 0.717) is 25.1 Å². The SMILES string of the molecule is Cc1ccc([C@@H]2C(=C(O)c3ccc4c(c3)C[C@@H](C)O4)C(=O)C(=O)N2CCCn2ccnc2)cc1. The Balaban J connectivity index is 1.52. The number of carbonyl (C=O) groups excluding carboxylic acids is 2. The molecule has 7 heteroatoms. The first-order chi connectivity index (χ1) is 16.4. The number of aromatic nitrogens is 2. The molecule has 34 heavy (non-hydrogen) atoms. The van der Waals surface area contributed by atoms with Gasteiger partial charge in [-0.3, -0.25) is 9.59 Å². The van der Waals surface area contributed by atoms with Crippen molar-refractivity contribution in [2.24, 2.45) is 0 Å². The molecule has 1 N–H and O–H groups in total.